The number of Topliss-reactive ketones (excluding diaryl/α,β-unsaturated/α-hetero) is 1. The molecule has 0 aromatic rings. The third kappa shape index (κ3) is 5.77. The fourth-order valence-corrected chi connectivity index (χ4v) is 7.92. The van der Waals surface area contributed by atoms with Gasteiger partial charge in [0, 0.05) is 12.8 Å². The number of carbonyl (C=O) groups excluding carboxylic acids is 3. The molecule has 7 atom stereocenters. The zero-order valence-electron chi connectivity index (χ0n) is 23.1. The van der Waals surface area contributed by atoms with E-state index in [-0.39, 0.29) is 33.3 Å². The average molecular weight is 540 g/mol. The van der Waals surface area contributed by atoms with Crippen LogP contribution in [0.4, 0.5) is 0 Å². The molecule has 7 unspecified atom stereocenters. The summed E-state index contributed by atoms with van der Waals surface area (Å²) in [5, 5.41) is 0. The largest absolute Gasteiger partial charge is 0.469 e. The molecule has 4 rings (SSSR count). The number of hydrogen-bond donors (Lipinski definition) is 0. The van der Waals surface area contributed by atoms with E-state index in [0.717, 1.165) is 19.3 Å². The van der Waals surface area contributed by atoms with E-state index in [2.05, 4.69) is 47.5 Å². The number of alkyl halides is 1. The highest BCUT2D eigenvalue weighted by Crippen LogP contribution is 2.66. The normalized spacial score (nSPS) is 37.3. The Balaban J connectivity index is 0.000000563. The second-order valence-corrected chi connectivity index (χ2v) is 11.3. The Morgan fingerprint density at radius 3 is 2.09 bits per heavy atom. The van der Waals surface area contributed by atoms with E-state index < -0.39 is 0 Å². The van der Waals surface area contributed by atoms with Crippen molar-refractivity contribution >= 4 is 33.5 Å². The average Bonchev–Trinajstić information content (AvgIpc) is 3.16. The second-order valence-electron chi connectivity index (χ2n) is 10.2. The molecule has 0 heterocycles. The van der Waals surface area contributed by atoms with Gasteiger partial charge >= 0.3 is 5.97 Å². The Labute approximate surface area is 216 Å². The van der Waals surface area contributed by atoms with Crippen molar-refractivity contribution in [2.75, 3.05) is 7.11 Å². The summed E-state index contributed by atoms with van der Waals surface area (Å²) in [6.07, 6.45) is 9.84. The van der Waals surface area contributed by atoms with Gasteiger partial charge in [0.1, 0.15) is 5.78 Å². The van der Waals surface area contributed by atoms with Crippen molar-refractivity contribution in [1.29, 1.82) is 0 Å². The van der Waals surface area contributed by atoms with Crippen molar-refractivity contribution in [1.82, 2.24) is 0 Å². The Bertz CT molecular complexity index is 813. The highest BCUT2D eigenvalue weighted by atomic mass is 79.9. The number of hydrogen-bond acceptors (Lipinski definition) is 4. The van der Waals surface area contributed by atoms with Gasteiger partial charge in [-0.3, -0.25) is 14.4 Å². The van der Waals surface area contributed by atoms with Crippen molar-refractivity contribution in [2.24, 2.45) is 34.5 Å². The number of esters is 1. The summed E-state index contributed by atoms with van der Waals surface area (Å²) >= 11 is 3.62. The monoisotopic (exact) mass is 538 g/mol. The number of allylic oxidation sites excluding steroid dienone is 4. The molecule has 5 heteroatoms. The zero-order chi connectivity index (χ0) is 26.4. The van der Waals surface area contributed by atoms with Crippen LogP contribution in [-0.4, -0.2) is 29.5 Å². The summed E-state index contributed by atoms with van der Waals surface area (Å²) in [5.41, 5.74) is 2.83. The van der Waals surface area contributed by atoms with Gasteiger partial charge in [-0.15, -0.1) is 0 Å². The van der Waals surface area contributed by atoms with E-state index in [1.165, 1.54) is 38.0 Å². The van der Waals surface area contributed by atoms with Gasteiger partial charge in [0.15, 0.2) is 5.78 Å². The quantitative estimate of drug-likeness (QED) is 0.256. The van der Waals surface area contributed by atoms with Crippen LogP contribution in [-0.2, 0) is 19.1 Å². The molecule has 0 saturated heterocycles. The topological polar surface area (TPSA) is 60.4 Å². The van der Waals surface area contributed by atoms with Crippen molar-refractivity contribution in [3.05, 3.63) is 23.3 Å². The Kier molecular flexibility index (Phi) is 11.5. The second kappa shape index (κ2) is 12.6. The minimum absolute atomic E-state index is 0.0466. The lowest BCUT2D eigenvalue weighted by Crippen LogP contribution is -2.51. The molecule has 0 aromatic heterocycles. The lowest BCUT2D eigenvalue weighted by Gasteiger charge is -2.57. The number of fused-ring (bicyclic) bond motifs is 5. The summed E-state index contributed by atoms with van der Waals surface area (Å²) < 4.78 is 4.11. The number of ketones is 2. The van der Waals surface area contributed by atoms with Crippen LogP contribution in [0.15, 0.2) is 23.3 Å². The SMILES string of the molecule is CC.CC.CC(=O)C1CCC2C3C=C(C)C4=CC(=O)C(Br)CC4(C)C3CCC12C.COC(C)=O. The predicted molar refractivity (Wildman–Crippen MR) is 144 cm³/mol. The minimum Gasteiger partial charge on any atom is -0.469 e. The molecule has 0 amide bonds. The van der Waals surface area contributed by atoms with Crippen LogP contribution >= 0.6 is 15.9 Å². The van der Waals surface area contributed by atoms with E-state index in [9.17, 15) is 14.4 Å². The molecule has 4 aliphatic rings. The first-order chi connectivity index (χ1) is 16.0. The van der Waals surface area contributed by atoms with Crippen LogP contribution in [0, 0.1) is 34.5 Å². The molecular formula is C29H47BrO4. The van der Waals surface area contributed by atoms with Gasteiger partial charge in [-0.2, -0.15) is 0 Å². The fraction of sp³-hybridized carbons (Fsp3) is 0.759. The van der Waals surface area contributed by atoms with Gasteiger partial charge in [-0.05, 0) is 86.2 Å². The van der Waals surface area contributed by atoms with Crippen molar-refractivity contribution in [3.63, 3.8) is 0 Å². The molecular weight excluding hydrogens is 492 g/mol. The number of halogens is 1. The first-order valence-corrected chi connectivity index (χ1v) is 14.0. The third-order valence-corrected chi connectivity index (χ3v) is 9.39. The molecule has 34 heavy (non-hydrogen) atoms. The zero-order valence-corrected chi connectivity index (χ0v) is 24.7. The van der Waals surface area contributed by atoms with Gasteiger partial charge in [-0.25, -0.2) is 0 Å². The molecule has 2 fully saturated rings. The lowest BCUT2D eigenvalue weighted by atomic mass is 9.47. The molecule has 0 N–H and O–H groups in total. The van der Waals surface area contributed by atoms with Gasteiger partial charge in [0.2, 0.25) is 0 Å². The molecule has 194 valence electrons. The van der Waals surface area contributed by atoms with Crippen LogP contribution < -0.4 is 0 Å². The standard InChI is InChI=1S/C22H29BrO2.C3H6O2.2C2H6/c1-12-9-14-16-6-5-15(13(2)24)21(16,3)8-7-17(14)22(4)11-19(23)20(25)10-18(12)22;1-3(4)5-2;2*1-2/h9-10,14-17,19H,5-8,11H2,1-4H3;1-2H3;2*1-2H3. The Morgan fingerprint density at radius 2 is 1.59 bits per heavy atom. The molecule has 4 nitrogen and oxygen atoms in total. The highest BCUT2D eigenvalue weighted by molar-refractivity contribution is 9.10. The number of ether oxygens (including phenoxy) is 1. The molecule has 4 aliphatic carbocycles. The van der Waals surface area contributed by atoms with Crippen LogP contribution in [0.3, 0.4) is 0 Å². The van der Waals surface area contributed by atoms with E-state index in [1.807, 2.05) is 33.8 Å². The molecule has 0 radical (unpaired) electrons. The summed E-state index contributed by atoms with van der Waals surface area (Å²) in [4.78, 5) is 34.0. The van der Waals surface area contributed by atoms with E-state index in [0.29, 0.717) is 23.5 Å². The van der Waals surface area contributed by atoms with Gasteiger partial charge in [0.25, 0.3) is 0 Å². The van der Waals surface area contributed by atoms with Crippen LogP contribution in [0.1, 0.15) is 94.4 Å². The van der Waals surface area contributed by atoms with Gasteiger partial charge < -0.3 is 4.74 Å². The summed E-state index contributed by atoms with van der Waals surface area (Å²) in [6.45, 7) is 18.1. The molecule has 0 spiro atoms. The minimum atomic E-state index is -0.245. The number of rotatable bonds is 1. The molecule has 2 saturated carbocycles. The smallest absolute Gasteiger partial charge is 0.302 e. The van der Waals surface area contributed by atoms with Crippen molar-refractivity contribution in [3.8, 4) is 0 Å². The number of methoxy groups -OCH3 is 1. The number of carbonyl (C=O) groups is 3. The van der Waals surface area contributed by atoms with Crippen LogP contribution in [0.2, 0.25) is 0 Å². The van der Waals surface area contributed by atoms with Crippen LogP contribution in [0.5, 0.6) is 0 Å². The summed E-state index contributed by atoms with van der Waals surface area (Å²) in [6, 6.07) is 0. The Morgan fingerprint density at radius 1 is 1.03 bits per heavy atom. The predicted octanol–water partition coefficient (Wildman–Crippen LogP) is 7.49. The molecule has 0 aliphatic heterocycles. The van der Waals surface area contributed by atoms with Crippen molar-refractivity contribution < 1.29 is 19.1 Å². The summed E-state index contributed by atoms with van der Waals surface area (Å²) in [7, 11) is 1.35. The van der Waals surface area contributed by atoms with Gasteiger partial charge in [0.05, 0.1) is 11.9 Å². The maximum Gasteiger partial charge on any atom is 0.302 e. The molecule has 0 bridgehead atoms. The molecule has 0 aromatic carbocycles. The van der Waals surface area contributed by atoms with E-state index >= 15 is 0 Å². The first kappa shape index (κ1) is 30.8. The maximum atomic E-state index is 12.3. The van der Waals surface area contributed by atoms with Crippen molar-refractivity contribution in [2.45, 2.75) is 99.2 Å². The summed E-state index contributed by atoms with van der Waals surface area (Å²) in [5.74, 6) is 2.36. The first-order valence-electron chi connectivity index (χ1n) is 13.1. The fourth-order valence-electron chi connectivity index (χ4n) is 7.11. The van der Waals surface area contributed by atoms with Crippen LogP contribution in [0.25, 0.3) is 0 Å². The Hall–Kier alpha value is -1.23. The van der Waals surface area contributed by atoms with E-state index in [1.54, 1.807) is 6.92 Å². The third-order valence-electron chi connectivity index (χ3n) is 8.61. The highest BCUT2D eigenvalue weighted by Gasteiger charge is 2.59. The van der Waals surface area contributed by atoms with E-state index in [4.69, 9.17) is 0 Å². The lowest BCUT2D eigenvalue weighted by molar-refractivity contribution is -0.138. The van der Waals surface area contributed by atoms with Gasteiger partial charge in [-0.1, -0.05) is 69.1 Å². The maximum absolute atomic E-state index is 12.3.